The molecule has 0 atom stereocenters. The lowest BCUT2D eigenvalue weighted by Gasteiger charge is -2.23. The standard InChI is InChI=1S/C18H15O3PS/c19-23(20,21)22(16-10-4-1-5-11-16,17-12-6-2-7-13-17)18-14-8-3-9-15-18/h1-15H/p+1. The van der Waals surface area contributed by atoms with Gasteiger partial charge in [-0.3, -0.25) is 4.55 Å². The Labute approximate surface area is 136 Å². The molecular weight excluding hydrogens is 327 g/mol. The van der Waals surface area contributed by atoms with E-state index in [4.69, 9.17) is 0 Å². The molecule has 0 saturated heterocycles. The van der Waals surface area contributed by atoms with Gasteiger partial charge in [0.05, 0.1) is 0 Å². The number of benzene rings is 3. The Bertz CT molecular complexity index is 783. The Kier molecular flexibility index (Phi) is 4.31. The van der Waals surface area contributed by atoms with Crippen LogP contribution in [0.1, 0.15) is 0 Å². The van der Waals surface area contributed by atoms with E-state index in [0.29, 0.717) is 15.9 Å². The summed E-state index contributed by atoms with van der Waals surface area (Å²) in [5.41, 5.74) is 0. The predicted molar refractivity (Wildman–Crippen MR) is 96.7 cm³/mol. The highest BCUT2D eigenvalue weighted by Gasteiger charge is 2.57. The van der Waals surface area contributed by atoms with E-state index in [-0.39, 0.29) is 0 Å². The van der Waals surface area contributed by atoms with E-state index in [9.17, 15) is 13.0 Å². The van der Waals surface area contributed by atoms with Crippen LogP contribution in [0.15, 0.2) is 91.0 Å². The van der Waals surface area contributed by atoms with Crippen molar-refractivity contribution in [1.29, 1.82) is 0 Å². The smallest absolute Gasteiger partial charge is 0.256 e. The Balaban J connectivity index is 2.46. The zero-order chi connectivity index (χ0) is 16.3. The highest BCUT2D eigenvalue weighted by Crippen LogP contribution is 2.60. The van der Waals surface area contributed by atoms with E-state index in [2.05, 4.69) is 0 Å². The topological polar surface area (TPSA) is 54.4 Å². The van der Waals surface area contributed by atoms with Crippen LogP contribution in [0.3, 0.4) is 0 Å². The average Bonchev–Trinajstić information content (AvgIpc) is 2.57. The van der Waals surface area contributed by atoms with Crippen LogP contribution >= 0.6 is 6.46 Å². The Morgan fingerprint density at radius 3 is 1.04 bits per heavy atom. The Morgan fingerprint density at radius 2 is 0.826 bits per heavy atom. The summed E-state index contributed by atoms with van der Waals surface area (Å²) in [6, 6.07) is 26.8. The summed E-state index contributed by atoms with van der Waals surface area (Å²) in [5, 5.41) is 1.83. The molecule has 0 aliphatic carbocycles. The van der Waals surface area contributed by atoms with Crippen molar-refractivity contribution >= 4 is 32.1 Å². The van der Waals surface area contributed by atoms with E-state index in [1.54, 1.807) is 72.8 Å². The van der Waals surface area contributed by atoms with Crippen LogP contribution in [-0.2, 0) is 9.74 Å². The van der Waals surface area contributed by atoms with Gasteiger partial charge in [0.1, 0.15) is 15.9 Å². The molecule has 0 fully saturated rings. The molecule has 0 aliphatic rings. The molecule has 0 amide bonds. The molecule has 0 radical (unpaired) electrons. The Morgan fingerprint density at radius 1 is 0.565 bits per heavy atom. The monoisotopic (exact) mass is 343 g/mol. The van der Waals surface area contributed by atoms with Crippen LogP contribution in [0.25, 0.3) is 0 Å². The third kappa shape index (κ3) is 2.70. The fourth-order valence-electron chi connectivity index (χ4n) is 2.76. The molecule has 5 heteroatoms. The molecule has 0 saturated carbocycles. The van der Waals surface area contributed by atoms with Crippen LogP contribution in [-0.4, -0.2) is 13.0 Å². The predicted octanol–water partition coefficient (Wildman–Crippen LogP) is 2.78. The minimum atomic E-state index is -4.37. The summed E-state index contributed by atoms with van der Waals surface area (Å²) < 4.78 is 35.6. The van der Waals surface area contributed by atoms with E-state index in [1.807, 2.05) is 18.2 Å². The van der Waals surface area contributed by atoms with Gasteiger partial charge in [0.15, 0.2) is 0 Å². The average molecular weight is 343 g/mol. The molecule has 3 aromatic rings. The molecule has 23 heavy (non-hydrogen) atoms. The first-order chi connectivity index (χ1) is 11.1. The molecule has 0 spiro atoms. The van der Waals surface area contributed by atoms with Crippen molar-refractivity contribution in [2.24, 2.45) is 0 Å². The molecule has 0 aromatic heterocycles. The number of rotatable bonds is 4. The van der Waals surface area contributed by atoms with Gasteiger partial charge in [0.2, 0.25) is 0 Å². The van der Waals surface area contributed by atoms with Crippen LogP contribution in [0.4, 0.5) is 0 Å². The van der Waals surface area contributed by atoms with Gasteiger partial charge in [-0.25, -0.2) is 0 Å². The summed E-state index contributed by atoms with van der Waals surface area (Å²) in [5.74, 6) is 0. The first-order valence-corrected chi connectivity index (χ1v) is 10.9. The second kappa shape index (κ2) is 6.25. The molecule has 3 nitrogen and oxygen atoms in total. The maximum absolute atomic E-state index is 12.7. The van der Waals surface area contributed by atoms with Crippen molar-refractivity contribution in [3.8, 4) is 0 Å². The van der Waals surface area contributed by atoms with Gasteiger partial charge in [0, 0.05) is 0 Å². The Hall–Kier alpha value is -2.00. The van der Waals surface area contributed by atoms with Gasteiger partial charge >= 0.3 is 9.74 Å². The summed E-state index contributed by atoms with van der Waals surface area (Å²) in [7, 11) is -4.37. The van der Waals surface area contributed by atoms with Gasteiger partial charge in [-0.1, -0.05) is 54.6 Å². The van der Waals surface area contributed by atoms with E-state index in [0.717, 1.165) is 0 Å². The lowest BCUT2D eigenvalue weighted by molar-refractivity contribution is 0.501. The lowest BCUT2D eigenvalue weighted by Crippen LogP contribution is -2.36. The zero-order valence-corrected chi connectivity index (χ0v) is 14.0. The van der Waals surface area contributed by atoms with Crippen molar-refractivity contribution in [3.05, 3.63) is 91.0 Å². The lowest BCUT2D eigenvalue weighted by atomic mass is 10.4. The summed E-state index contributed by atoms with van der Waals surface area (Å²) in [6.07, 6.45) is 0. The highest BCUT2D eigenvalue weighted by molar-refractivity contribution is 8.62. The normalized spacial score (nSPS) is 12.0. The van der Waals surface area contributed by atoms with Crippen molar-refractivity contribution < 1.29 is 13.0 Å². The van der Waals surface area contributed by atoms with E-state index >= 15 is 0 Å². The summed E-state index contributed by atoms with van der Waals surface area (Å²) >= 11 is 0. The number of hydrogen-bond donors (Lipinski definition) is 1. The second-order valence-electron chi connectivity index (χ2n) is 5.06. The van der Waals surface area contributed by atoms with Crippen LogP contribution in [0.2, 0.25) is 0 Å². The van der Waals surface area contributed by atoms with E-state index in [1.165, 1.54) is 0 Å². The maximum atomic E-state index is 12.7. The minimum Gasteiger partial charge on any atom is -0.256 e. The fourth-order valence-corrected chi connectivity index (χ4v) is 9.72. The highest BCUT2D eigenvalue weighted by atomic mass is 32.8. The third-order valence-corrected chi connectivity index (χ3v) is 11.4. The van der Waals surface area contributed by atoms with Gasteiger partial charge in [-0.2, -0.15) is 8.42 Å². The SMILES string of the molecule is O=S(=O)(O)[P+](c1ccccc1)(c1ccccc1)c1ccccc1. The van der Waals surface area contributed by atoms with Crippen LogP contribution in [0, 0.1) is 0 Å². The molecule has 1 N–H and O–H groups in total. The third-order valence-electron chi connectivity index (χ3n) is 3.71. The van der Waals surface area contributed by atoms with Crippen LogP contribution < -0.4 is 15.9 Å². The quantitative estimate of drug-likeness (QED) is 0.585. The molecule has 3 rings (SSSR count). The maximum Gasteiger partial charge on any atom is 0.395 e. The molecular formula is C18H16O3PS+. The molecule has 0 aliphatic heterocycles. The van der Waals surface area contributed by atoms with Gasteiger partial charge in [0.25, 0.3) is 6.46 Å². The molecule has 116 valence electrons. The van der Waals surface area contributed by atoms with Gasteiger partial charge in [-0.05, 0) is 36.4 Å². The molecule has 0 bridgehead atoms. The summed E-state index contributed by atoms with van der Waals surface area (Å²) in [6.45, 7) is -3.21. The molecule has 3 aromatic carbocycles. The largest absolute Gasteiger partial charge is 0.395 e. The first-order valence-electron chi connectivity index (χ1n) is 7.10. The van der Waals surface area contributed by atoms with Crippen molar-refractivity contribution in [2.75, 3.05) is 0 Å². The van der Waals surface area contributed by atoms with Gasteiger partial charge in [-0.15, -0.1) is 0 Å². The van der Waals surface area contributed by atoms with E-state index < -0.39 is 16.2 Å². The van der Waals surface area contributed by atoms with Crippen molar-refractivity contribution in [1.82, 2.24) is 0 Å². The number of hydrogen-bond acceptors (Lipinski definition) is 2. The minimum absolute atomic E-state index is 0.611. The molecule has 0 unspecified atom stereocenters. The zero-order valence-electron chi connectivity index (χ0n) is 12.3. The van der Waals surface area contributed by atoms with Crippen LogP contribution in [0.5, 0.6) is 0 Å². The first kappa shape index (κ1) is 15.9. The summed E-state index contributed by atoms with van der Waals surface area (Å²) in [4.78, 5) is 0. The molecule has 0 heterocycles. The van der Waals surface area contributed by atoms with Gasteiger partial charge < -0.3 is 0 Å². The van der Waals surface area contributed by atoms with Crippen molar-refractivity contribution in [2.45, 2.75) is 0 Å². The second-order valence-corrected chi connectivity index (χ2v) is 11.8. The fraction of sp³-hybridized carbons (Fsp3) is 0. The van der Waals surface area contributed by atoms with Crippen molar-refractivity contribution in [3.63, 3.8) is 0 Å².